The van der Waals surface area contributed by atoms with E-state index in [4.69, 9.17) is 9.84 Å². The number of rotatable bonds is 6. The van der Waals surface area contributed by atoms with Crippen molar-refractivity contribution in [2.45, 2.75) is 26.2 Å². The Morgan fingerprint density at radius 2 is 1.97 bits per heavy atom. The van der Waals surface area contributed by atoms with Gasteiger partial charge in [-0.1, -0.05) is 60.7 Å². The lowest BCUT2D eigenvalue weighted by atomic mass is 9.85. The monoisotopic (exact) mass is 452 g/mol. The molecule has 0 saturated heterocycles. The van der Waals surface area contributed by atoms with Gasteiger partial charge >= 0.3 is 0 Å². The zero-order valence-electron chi connectivity index (χ0n) is 19.0. The third-order valence-electron chi connectivity index (χ3n) is 5.84. The molecule has 4 aromatic rings. The van der Waals surface area contributed by atoms with Crippen molar-refractivity contribution in [3.63, 3.8) is 0 Å². The molecule has 0 saturated carbocycles. The number of fused-ring (bicyclic) bond motifs is 1. The first-order valence-corrected chi connectivity index (χ1v) is 11.0. The lowest BCUT2D eigenvalue weighted by Gasteiger charge is -2.25. The maximum atomic E-state index is 12.8. The van der Waals surface area contributed by atoms with Gasteiger partial charge in [0.2, 0.25) is 5.91 Å². The highest BCUT2D eigenvalue weighted by Gasteiger charge is 2.34. The molecule has 1 atom stereocenters. The van der Waals surface area contributed by atoms with Crippen molar-refractivity contribution < 1.29 is 9.53 Å². The maximum Gasteiger partial charge on any atom is 0.272 e. The average Bonchev–Trinajstić information content (AvgIpc) is 3.19. The van der Waals surface area contributed by atoms with Crippen LogP contribution in [0.25, 0.3) is 17.2 Å². The highest BCUT2D eigenvalue weighted by molar-refractivity contribution is 5.95. The van der Waals surface area contributed by atoms with Gasteiger partial charge in [0.15, 0.2) is 0 Å². The molecule has 0 aliphatic carbocycles. The lowest BCUT2D eigenvalue weighted by molar-refractivity contribution is -0.116. The van der Waals surface area contributed by atoms with E-state index in [1.54, 1.807) is 17.0 Å². The first-order chi connectivity index (χ1) is 16.5. The van der Waals surface area contributed by atoms with Gasteiger partial charge in [0.05, 0.1) is 17.6 Å². The van der Waals surface area contributed by atoms with Crippen molar-refractivity contribution in [3.8, 4) is 23.0 Å². The van der Waals surface area contributed by atoms with E-state index >= 15 is 0 Å². The summed E-state index contributed by atoms with van der Waals surface area (Å²) in [6, 6.07) is 15.8. The number of nitrogens with zero attached hydrogens (tertiary/aromatic N) is 5. The molecule has 3 heterocycles. The van der Waals surface area contributed by atoms with Crippen molar-refractivity contribution in [2.75, 3.05) is 11.9 Å². The number of carbonyl (C=O) groups excluding carboxylic acids is 1. The van der Waals surface area contributed by atoms with E-state index < -0.39 is 0 Å². The van der Waals surface area contributed by atoms with Crippen LogP contribution in [-0.4, -0.2) is 37.5 Å². The van der Waals surface area contributed by atoms with E-state index in [0.29, 0.717) is 24.1 Å². The molecule has 1 aliphatic heterocycles. The Labute approximate surface area is 197 Å². The quantitative estimate of drug-likeness (QED) is 0.436. The van der Waals surface area contributed by atoms with Gasteiger partial charge in [-0.05, 0) is 19.9 Å². The molecule has 34 heavy (non-hydrogen) atoms. The molecule has 1 unspecified atom stereocenters. The number of carbonyl (C=O) groups is 1. The minimum Gasteiger partial charge on any atom is -0.489 e. The topological polar surface area (TPSA) is 94.8 Å². The van der Waals surface area contributed by atoms with Crippen LogP contribution in [0.3, 0.4) is 0 Å². The zero-order valence-corrected chi connectivity index (χ0v) is 19.0. The van der Waals surface area contributed by atoms with Gasteiger partial charge in [-0.15, -0.1) is 5.10 Å². The van der Waals surface area contributed by atoms with Crippen LogP contribution >= 0.6 is 0 Å². The lowest BCUT2D eigenvalue weighted by Crippen LogP contribution is -2.25. The molecule has 170 valence electrons. The van der Waals surface area contributed by atoms with Gasteiger partial charge in [0.25, 0.3) is 5.95 Å². The van der Waals surface area contributed by atoms with Crippen LogP contribution in [0.2, 0.25) is 0 Å². The number of nitrogens with one attached hydrogen (secondary N) is 1. The first-order valence-electron chi connectivity index (χ1n) is 11.0. The molecule has 0 fully saturated rings. The number of hydrogen-bond acceptors (Lipinski definition) is 6. The number of benzene rings is 2. The molecule has 1 amide bonds. The molecule has 1 N–H and O–H groups in total. The second-order valence-electron chi connectivity index (χ2n) is 8.21. The molecular weight excluding hydrogens is 428 g/mol. The van der Waals surface area contributed by atoms with Crippen LogP contribution in [0.4, 0.5) is 5.82 Å². The maximum absolute atomic E-state index is 12.8. The second-order valence-corrected chi connectivity index (χ2v) is 8.21. The molecular formula is C26H24N6O2. The van der Waals surface area contributed by atoms with Crippen LogP contribution in [0.15, 0.2) is 67.4 Å². The average molecular weight is 453 g/mol. The Morgan fingerprint density at radius 3 is 2.76 bits per heavy atom. The summed E-state index contributed by atoms with van der Waals surface area (Å²) in [6.45, 7) is 8.06. The predicted octanol–water partition coefficient (Wildman–Crippen LogP) is 4.38. The number of anilines is 1. The molecule has 2 aromatic heterocycles. The van der Waals surface area contributed by atoms with E-state index in [9.17, 15) is 4.79 Å². The highest BCUT2D eigenvalue weighted by atomic mass is 16.5. The highest BCUT2D eigenvalue weighted by Crippen LogP contribution is 2.42. The Balaban J connectivity index is 1.60. The number of aryl methyl sites for hydroxylation is 2. The molecule has 0 spiro atoms. The summed E-state index contributed by atoms with van der Waals surface area (Å²) in [5.41, 5.74) is 5.38. The third kappa shape index (κ3) is 3.94. The van der Waals surface area contributed by atoms with Crippen molar-refractivity contribution in [1.29, 1.82) is 0 Å². The number of aromatic nitrogens is 5. The fourth-order valence-corrected chi connectivity index (χ4v) is 4.25. The van der Waals surface area contributed by atoms with E-state index in [1.165, 1.54) is 0 Å². The summed E-state index contributed by atoms with van der Waals surface area (Å²) in [4.78, 5) is 17.5. The van der Waals surface area contributed by atoms with Gasteiger partial charge in [0, 0.05) is 29.0 Å². The summed E-state index contributed by atoms with van der Waals surface area (Å²) in [5.74, 6) is 1.24. The van der Waals surface area contributed by atoms with Gasteiger partial charge < -0.3 is 10.1 Å². The number of ether oxygens (including phenoxy) is 1. The second kappa shape index (κ2) is 8.90. The summed E-state index contributed by atoms with van der Waals surface area (Å²) in [6.07, 6.45) is 3.60. The van der Waals surface area contributed by atoms with Crippen LogP contribution in [0, 0.1) is 13.8 Å². The predicted molar refractivity (Wildman–Crippen MR) is 129 cm³/mol. The molecule has 1 aliphatic rings. The van der Waals surface area contributed by atoms with Crippen LogP contribution in [0.1, 0.15) is 34.7 Å². The smallest absolute Gasteiger partial charge is 0.272 e. The van der Waals surface area contributed by atoms with Crippen molar-refractivity contribution >= 4 is 11.7 Å². The fourth-order valence-electron chi connectivity index (χ4n) is 4.25. The molecule has 5 rings (SSSR count). The van der Waals surface area contributed by atoms with E-state index in [1.807, 2.05) is 62.4 Å². The molecule has 8 nitrogen and oxygen atoms in total. The number of amides is 1. The van der Waals surface area contributed by atoms with E-state index in [0.717, 1.165) is 33.7 Å². The summed E-state index contributed by atoms with van der Waals surface area (Å²) in [5, 5.41) is 16.0. The SMILES string of the molecule is C=CCOc1ccccc1C1CC(=O)Nc2c1c(C)nn2-c1nncc(-c2ccc(C)cc2)n1. The summed E-state index contributed by atoms with van der Waals surface area (Å²) >= 11 is 0. The van der Waals surface area contributed by atoms with Crippen molar-refractivity contribution in [3.05, 3.63) is 89.8 Å². The number of para-hydroxylation sites is 1. The Bertz CT molecular complexity index is 1380. The largest absolute Gasteiger partial charge is 0.489 e. The summed E-state index contributed by atoms with van der Waals surface area (Å²) in [7, 11) is 0. The van der Waals surface area contributed by atoms with Crippen molar-refractivity contribution in [2.24, 2.45) is 0 Å². The van der Waals surface area contributed by atoms with Gasteiger partial charge in [0.1, 0.15) is 18.2 Å². The number of hydrogen-bond donors (Lipinski definition) is 1. The standard InChI is InChI=1S/C26H24N6O2/c1-4-13-34-22-8-6-5-7-19(22)20-14-23(33)29-25-24(20)17(3)31-32(25)26-28-21(15-27-30-26)18-11-9-16(2)10-12-18/h4-12,15,20H,1,13-14H2,2-3H3,(H,29,33). The van der Waals surface area contributed by atoms with Crippen molar-refractivity contribution in [1.82, 2.24) is 25.0 Å². The fraction of sp³-hybridized carbons (Fsp3) is 0.192. The Morgan fingerprint density at radius 1 is 1.18 bits per heavy atom. The van der Waals surface area contributed by atoms with Crippen LogP contribution in [0.5, 0.6) is 5.75 Å². The molecule has 0 bridgehead atoms. The molecule has 0 radical (unpaired) electrons. The van der Waals surface area contributed by atoms with Crippen LogP contribution < -0.4 is 10.1 Å². The Hall–Kier alpha value is -4.33. The van der Waals surface area contributed by atoms with Gasteiger partial charge in [-0.3, -0.25) is 4.79 Å². The van der Waals surface area contributed by atoms with E-state index in [2.05, 4.69) is 27.1 Å². The third-order valence-corrected chi connectivity index (χ3v) is 5.84. The minimum absolute atomic E-state index is 0.111. The van der Waals surface area contributed by atoms with Gasteiger partial charge in [-0.25, -0.2) is 4.98 Å². The molecule has 8 heteroatoms. The summed E-state index contributed by atoms with van der Waals surface area (Å²) < 4.78 is 7.44. The van der Waals surface area contributed by atoms with Gasteiger partial charge in [-0.2, -0.15) is 14.9 Å². The van der Waals surface area contributed by atoms with Crippen LogP contribution in [-0.2, 0) is 4.79 Å². The normalized spacial score (nSPS) is 14.9. The molecule has 2 aromatic carbocycles. The zero-order chi connectivity index (χ0) is 23.7. The first kappa shape index (κ1) is 21.5. The minimum atomic E-state index is -0.216. The Kier molecular flexibility index (Phi) is 5.63. The van der Waals surface area contributed by atoms with E-state index in [-0.39, 0.29) is 18.2 Å².